The normalized spacial score (nSPS) is 26.1. The minimum atomic E-state index is -0.867. The third-order valence-electron chi connectivity index (χ3n) is 5.17. The predicted molar refractivity (Wildman–Crippen MR) is 87.0 cm³/mol. The molecule has 2 atom stereocenters. The first kappa shape index (κ1) is 16.8. The van der Waals surface area contributed by atoms with E-state index in [0.717, 1.165) is 11.1 Å². The largest absolute Gasteiger partial charge is 0.484 e. The zero-order chi connectivity index (χ0) is 17.3. The van der Waals surface area contributed by atoms with Gasteiger partial charge in [-0.05, 0) is 31.9 Å². The number of aryl methyl sites for hydroxylation is 2. The van der Waals surface area contributed by atoms with Gasteiger partial charge in [-0.1, -0.05) is 17.7 Å². The van der Waals surface area contributed by atoms with Crippen molar-refractivity contribution in [3.05, 3.63) is 29.3 Å². The number of carbonyl (C=O) groups excluding carboxylic acids is 1. The van der Waals surface area contributed by atoms with Crippen LogP contribution in [-0.4, -0.2) is 54.8 Å². The van der Waals surface area contributed by atoms with Crippen molar-refractivity contribution in [1.82, 2.24) is 4.90 Å². The number of carboxylic acid groups (broad SMARTS) is 1. The molecule has 0 unspecified atom stereocenters. The molecule has 1 N–H and O–H groups in total. The summed E-state index contributed by atoms with van der Waals surface area (Å²) in [7, 11) is 0. The minimum absolute atomic E-state index is 0.0762. The molecule has 0 radical (unpaired) electrons. The van der Waals surface area contributed by atoms with Crippen molar-refractivity contribution in [3.8, 4) is 5.75 Å². The molecule has 2 saturated heterocycles. The van der Waals surface area contributed by atoms with Crippen molar-refractivity contribution in [2.75, 3.05) is 32.9 Å². The molecule has 130 valence electrons. The van der Waals surface area contributed by atoms with Gasteiger partial charge in [-0.3, -0.25) is 9.59 Å². The van der Waals surface area contributed by atoms with E-state index in [4.69, 9.17) is 9.47 Å². The van der Waals surface area contributed by atoms with Crippen LogP contribution < -0.4 is 4.74 Å². The molecular formula is C18H23NO5. The highest BCUT2D eigenvalue weighted by Gasteiger charge is 2.54. The first-order valence-electron chi connectivity index (χ1n) is 8.21. The van der Waals surface area contributed by atoms with Crippen LogP contribution in [0, 0.1) is 25.2 Å². The van der Waals surface area contributed by atoms with Crippen LogP contribution in [0.2, 0.25) is 0 Å². The summed E-state index contributed by atoms with van der Waals surface area (Å²) in [5.41, 5.74) is 1.25. The fourth-order valence-electron chi connectivity index (χ4n) is 3.68. The fourth-order valence-corrected chi connectivity index (χ4v) is 3.68. The van der Waals surface area contributed by atoms with Gasteiger partial charge in [0.2, 0.25) is 0 Å². The molecule has 0 aromatic heterocycles. The summed E-state index contributed by atoms with van der Waals surface area (Å²) in [6.07, 6.45) is 0.453. The average molecular weight is 333 g/mol. The summed E-state index contributed by atoms with van der Waals surface area (Å²) in [5.74, 6) is -0.470. The van der Waals surface area contributed by atoms with Crippen LogP contribution in [0.3, 0.4) is 0 Å². The predicted octanol–water partition coefficient (Wildman–Crippen LogP) is 1.63. The Kier molecular flexibility index (Phi) is 4.49. The molecule has 2 fully saturated rings. The van der Waals surface area contributed by atoms with Gasteiger partial charge >= 0.3 is 5.97 Å². The number of amides is 1. The highest BCUT2D eigenvalue weighted by molar-refractivity contribution is 5.82. The van der Waals surface area contributed by atoms with Gasteiger partial charge < -0.3 is 19.5 Å². The number of hydrogen-bond donors (Lipinski definition) is 1. The number of rotatable bonds is 4. The van der Waals surface area contributed by atoms with E-state index in [2.05, 4.69) is 0 Å². The van der Waals surface area contributed by atoms with Crippen molar-refractivity contribution in [1.29, 1.82) is 0 Å². The third kappa shape index (κ3) is 2.98. The van der Waals surface area contributed by atoms with Gasteiger partial charge in [-0.15, -0.1) is 0 Å². The molecule has 0 spiro atoms. The summed E-state index contributed by atoms with van der Waals surface area (Å²) < 4.78 is 11.1. The molecule has 2 heterocycles. The lowest BCUT2D eigenvalue weighted by atomic mass is 9.74. The monoisotopic (exact) mass is 333 g/mol. The molecule has 6 heteroatoms. The Hall–Kier alpha value is -2.08. The van der Waals surface area contributed by atoms with E-state index >= 15 is 0 Å². The number of benzene rings is 1. The Bertz CT molecular complexity index is 659. The summed E-state index contributed by atoms with van der Waals surface area (Å²) in [6, 6.07) is 5.79. The maximum atomic E-state index is 12.5. The summed E-state index contributed by atoms with van der Waals surface area (Å²) >= 11 is 0. The summed E-state index contributed by atoms with van der Waals surface area (Å²) in [4.78, 5) is 25.8. The fraction of sp³-hybridized carbons (Fsp3) is 0.556. The Labute approximate surface area is 141 Å². The zero-order valence-corrected chi connectivity index (χ0v) is 14.1. The number of aliphatic carboxylic acids is 1. The molecule has 0 saturated carbocycles. The summed E-state index contributed by atoms with van der Waals surface area (Å²) in [5, 5.41) is 9.64. The Morgan fingerprint density at radius 2 is 2.21 bits per heavy atom. The Balaban J connectivity index is 1.65. The number of ether oxygens (including phenoxy) is 2. The molecule has 6 nitrogen and oxygen atoms in total. The molecule has 0 bridgehead atoms. The second-order valence-corrected chi connectivity index (χ2v) is 6.82. The van der Waals surface area contributed by atoms with Crippen molar-refractivity contribution in [3.63, 3.8) is 0 Å². The van der Waals surface area contributed by atoms with E-state index in [9.17, 15) is 14.7 Å². The first-order chi connectivity index (χ1) is 11.4. The standard InChI is InChI=1S/C18H23NO5/c1-12-3-4-15(13(2)7-12)24-10-16(20)19-8-14-9-23-6-5-18(14,11-19)17(21)22/h3-4,7,14H,5-6,8-11H2,1-2H3,(H,21,22)/t14-,18+/m0/s1. The van der Waals surface area contributed by atoms with E-state index in [1.165, 1.54) is 0 Å². The minimum Gasteiger partial charge on any atom is -0.484 e. The first-order valence-corrected chi connectivity index (χ1v) is 8.21. The lowest BCUT2D eigenvalue weighted by Crippen LogP contribution is -2.45. The number of fused-ring (bicyclic) bond motifs is 1. The SMILES string of the molecule is Cc1ccc(OCC(=O)N2C[C@H]3COCC[C@@]3(C(=O)O)C2)c(C)c1. The van der Waals surface area contributed by atoms with Crippen LogP contribution in [0.25, 0.3) is 0 Å². The van der Waals surface area contributed by atoms with E-state index in [0.29, 0.717) is 31.9 Å². The van der Waals surface area contributed by atoms with Gasteiger partial charge in [0.05, 0.1) is 12.0 Å². The Morgan fingerprint density at radius 3 is 2.88 bits per heavy atom. The smallest absolute Gasteiger partial charge is 0.311 e. The lowest BCUT2D eigenvalue weighted by Gasteiger charge is -2.33. The van der Waals surface area contributed by atoms with Gasteiger partial charge in [0.1, 0.15) is 5.75 Å². The number of carboxylic acids is 1. The molecule has 2 aliphatic rings. The molecule has 0 aliphatic carbocycles. The second kappa shape index (κ2) is 6.43. The van der Waals surface area contributed by atoms with Crippen molar-refractivity contribution >= 4 is 11.9 Å². The van der Waals surface area contributed by atoms with Gasteiger partial charge in [0.15, 0.2) is 6.61 Å². The maximum Gasteiger partial charge on any atom is 0.311 e. The number of hydrogen-bond acceptors (Lipinski definition) is 4. The summed E-state index contributed by atoms with van der Waals surface area (Å²) in [6.45, 7) is 5.35. The third-order valence-corrected chi connectivity index (χ3v) is 5.17. The van der Waals surface area contributed by atoms with Crippen LogP contribution >= 0.6 is 0 Å². The second-order valence-electron chi connectivity index (χ2n) is 6.82. The van der Waals surface area contributed by atoms with Crippen LogP contribution in [0.5, 0.6) is 5.75 Å². The van der Waals surface area contributed by atoms with Crippen LogP contribution in [-0.2, 0) is 14.3 Å². The molecule has 1 aromatic carbocycles. The van der Waals surface area contributed by atoms with E-state index in [1.54, 1.807) is 4.90 Å². The topological polar surface area (TPSA) is 76.1 Å². The van der Waals surface area contributed by atoms with E-state index in [-0.39, 0.29) is 25.0 Å². The average Bonchev–Trinajstić information content (AvgIpc) is 2.95. The highest BCUT2D eigenvalue weighted by atomic mass is 16.5. The van der Waals surface area contributed by atoms with Crippen molar-refractivity contribution in [2.24, 2.45) is 11.3 Å². The van der Waals surface area contributed by atoms with Gasteiger partial charge in [-0.25, -0.2) is 0 Å². The van der Waals surface area contributed by atoms with Gasteiger partial charge in [0.25, 0.3) is 5.91 Å². The molecular weight excluding hydrogens is 310 g/mol. The van der Waals surface area contributed by atoms with Gasteiger partial charge in [0, 0.05) is 25.6 Å². The molecule has 3 rings (SSSR count). The van der Waals surface area contributed by atoms with Crippen molar-refractivity contribution in [2.45, 2.75) is 20.3 Å². The number of carbonyl (C=O) groups is 2. The van der Waals surface area contributed by atoms with Crippen LogP contribution in [0.1, 0.15) is 17.5 Å². The molecule has 24 heavy (non-hydrogen) atoms. The van der Waals surface area contributed by atoms with E-state index < -0.39 is 11.4 Å². The lowest BCUT2D eigenvalue weighted by molar-refractivity contribution is -0.157. The molecule has 1 amide bonds. The number of likely N-dealkylation sites (tertiary alicyclic amines) is 1. The van der Waals surface area contributed by atoms with E-state index in [1.807, 2.05) is 32.0 Å². The van der Waals surface area contributed by atoms with Gasteiger partial charge in [-0.2, -0.15) is 0 Å². The quantitative estimate of drug-likeness (QED) is 0.906. The maximum absolute atomic E-state index is 12.5. The Morgan fingerprint density at radius 1 is 1.42 bits per heavy atom. The zero-order valence-electron chi connectivity index (χ0n) is 14.1. The number of nitrogens with zero attached hydrogens (tertiary/aromatic N) is 1. The molecule has 1 aromatic rings. The molecule has 2 aliphatic heterocycles. The van der Waals surface area contributed by atoms with Crippen LogP contribution in [0.4, 0.5) is 0 Å². The highest BCUT2D eigenvalue weighted by Crippen LogP contribution is 2.42. The van der Waals surface area contributed by atoms with Crippen LogP contribution in [0.15, 0.2) is 18.2 Å². The van der Waals surface area contributed by atoms with Crippen molar-refractivity contribution < 1.29 is 24.2 Å².